The van der Waals surface area contributed by atoms with Crippen LogP contribution in [0.1, 0.15) is 37.0 Å². The van der Waals surface area contributed by atoms with Crippen LogP contribution in [0.15, 0.2) is 16.9 Å². The Kier molecular flexibility index (Phi) is 4.49. The number of hydrogen-bond donors (Lipinski definition) is 4. The van der Waals surface area contributed by atoms with E-state index in [1.165, 1.54) is 0 Å². The second kappa shape index (κ2) is 5.68. The number of aromatic hydroxyl groups is 1. The Balaban J connectivity index is 2.74. The fraction of sp³-hybridized carbons (Fsp3) is 0.500. The van der Waals surface area contributed by atoms with Gasteiger partial charge in [0.15, 0.2) is 5.88 Å². The van der Waals surface area contributed by atoms with E-state index in [9.17, 15) is 19.8 Å². The third-order valence-corrected chi connectivity index (χ3v) is 2.99. The number of carbonyl (C=O) groups excluding carboxylic acids is 1. The summed E-state index contributed by atoms with van der Waals surface area (Å²) >= 11 is 0. The molecule has 0 aromatic carbocycles. The van der Waals surface area contributed by atoms with Gasteiger partial charge in [0.1, 0.15) is 0 Å². The molecule has 1 aromatic rings. The van der Waals surface area contributed by atoms with Crippen molar-refractivity contribution in [3.8, 4) is 5.88 Å². The van der Waals surface area contributed by atoms with Gasteiger partial charge in [-0.3, -0.25) is 14.6 Å². The maximum atomic E-state index is 11.7. The molecule has 1 heterocycles. The molecule has 0 radical (unpaired) electrons. The molecule has 100 valence electrons. The summed E-state index contributed by atoms with van der Waals surface area (Å²) in [5.74, 6) is -0.870. The van der Waals surface area contributed by atoms with Crippen molar-refractivity contribution >= 4 is 5.91 Å². The highest BCUT2D eigenvalue weighted by molar-refractivity contribution is 5.94. The average Bonchev–Trinajstić information content (AvgIpc) is 2.34. The van der Waals surface area contributed by atoms with Crippen molar-refractivity contribution < 1.29 is 15.0 Å². The topological polar surface area (TPSA) is 102 Å². The van der Waals surface area contributed by atoms with E-state index in [0.717, 1.165) is 12.1 Å². The zero-order valence-electron chi connectivity index (χ0n) is 10.5. The Morgan fingerprint density at radius 3 is 2.50 bits per heavy atom. The highest BCUT2D eigenvalue weighted by Gasteiger charge is 2.23. The molecule has 0 aliphatic carbocycles. The molecule has 0 aliphatic heterocycles. The largest absolute Gasteiger partial charge is 0.494 e. The van der Waals surface area contributed by atoms with Crippen molar-refractivity contribution in [3.63, 3.8) is 0 Å². The first-order chi connectivity index (χ1) is 8.40. The van der Waals surface area contributed by atoms with E-state index in [-0.39, 0.29) is 18.0 Å². The Morgan fingerprint density at radius 2 is 2.00 bits per heavy atom. The predicted octanol–water partition coefficient (Wildman–Crippen LogP) is 0.361. The lowest BCUT2D eigenvalue weighted by atomic mass is 9.97. The summed E-state index contributed by atoms with van der Waals surface area (Å²) < 4.78 is 0. The first kappa shape index (κ1) is 14.2. The normalized spacial score (nSPS) is 11.3. The molecule has 4 N–H and O–H groups in total. The lowest BCUT2D eigenvalue weighted by molar-refractivity contribution is 0.0314. The van der Waals surface area contributed by atoms with E-state index < -0.39 is 17.1 Å². The summed E-state index contributed by atoms with van der Waals surface area (Å²) in [6.07, 6.45) is 1.04. The molecular weight excluding hydrogens is 236 g/mol. The van der Waals surface area contributed by atoms with Crippen LogP contribution >= 0.6 is 0 Å². The maximum absolute atomic E-state index is 11.7. The number of rotatable bonds is 5. The average molecular weight is 254 g/mol. The quantitative estimate of drug-likeness (QED) is 0.609. The maximum Gasteiger partial charge on any atom is 0.251 e. The van der Waals surface area contributed by atoms with Gasteiger partial charge in [-0.25, -0.2) is 0 Å². The number of carbonyl (C=O) groups is 1. The van der Waals surface area contributed by atoms with Crippen molar-refractivity contribution in [1.82, 2.24) is 10.3 Å². The van der Waals surface area contributed by atoms with Gasteiger partial charge in [0.05, 0.1) is 11.2 Å². The van der Waals surface area contributed by atoms with Gasteiger partial charge in [-0.2, -0.15) is 0 Å². The number of aromatic nitrogens is 1. The van der Waals surface area contributed by atoms with Gasteiger partial charge in [-0.05, 0) is 12.8 Å². The van der Waals surface area contributed by atoms with Crippen molar-refractivity contribution in [3.05, 3.63) is 28.0 Å². The van der Waals surface area contributed by atoms with E-state index in [0.29, 0.717) is 12.8 Å². The summed E-state index contributed by atoms with van der Waals surface area (Å²) in [6.45, 7) is 3.76. The van der Waals surface area contributed by atoms with Gasteiger partial charge >= 0.3 is 0 Å². The minimum Gasteiger partial charge on any atom is -0.494 e. The molecule has 0 atom stereocenters. The van der Waals surface area contributed by atoms with Crippen molar-refractivity contribution in [1.29, 1.82) is 0 Å². The third kappa shape index (κ3) is 3.59. The second-order valence-corrected chi connectivity index (χ2v) is 4.23. The number of H-pyrrole nitrogens is 1. The summed E-state index contributed by atoms with van der Waals surface area (Å²) in [5, 5.41) is 21.7. The molecular formula is C12H18N2O4. The summed E-state index contributed by atoms with van der Waals surface area (Å²) in [6, 6.07) is 2.25. The smallest absolute Gasteiger partial charge is 0.251 e. The number of amides is 1. The SMILES string of the molecule is CCC(O)(CC)CNC(=O)c1cc(O)[nH]c(=O)c1. The zero-order valence-corrected chi connectivity index (χ0v) is 10.5. The lowest BCUT2D eigenvalue weighted by Crippen LogP contribution is -2.42. The standard InChI is InChI=1S/C12H18N2O4/c1-3-12(18,4-2)7-13-11(17)8-5-9(15)14-10(16)6-8/h5-6,18H,3-4,7H2,1-2H3,(H,13,17)(H2,14,15,16). The minimum atomic E-state index is -0.946. The minimum absolute atomic E-state index is 0.0609. The molecule has 6 nitrogen and oxygen atoms in total. The number of aromatic amines is 1. The van der Waals surface area contributed by atoms with Crippen LogP contribution in [0, 0.1) is 0 Å². The second-order valence-electron chi connectivity index (χ2n) is 4.23. The van der Waals surface area contributed by atoms with E-state index in [2.05, 4.69) is 10.3 Å². The Labute approximate surface area is 105 Å². The third-order valence-electron chi connectivity index (χ3n) is 2.99. The molecule has 0 saturated heterocycles. The number of hydrogen-bond acceptors (Lipinski definition) is 4. The molecule has 1 rings (SSSR count). The first-order valence-electron chi connectivity index (χ1n) is 5.84. The number of pyridine rings is 1. The highest BCUT2D eigenvalue weighted by atomic mass is 16.3. The predicted molar refractivity (Wildman–Crippen MR) is 66.6 cm³/mol. The van der Waals surface area contributed by atoms with E-state index in [4.69, 9.17) is 0 Å². The lowest BCUT2D eigenvalue weighted by Gasteiger charge is -2.25. The molecule has 0 spiro atoms. The molecule has 0 unspecified atom stereocenters. The van der Waals surface area contributed by atoms with Crippen LogP contribution in [0.25, 0.3) is 0 Å². The van der Waals surface area contributed by atoms with Crippen LogP contribution in [0.2, 0.25) is 0 Å². The molecule has 1 aromatic heterocycles. The monoisotopic (exact) mass is 254 g/mol. The van der Waals surface area contributed by atoms with Crippen LogP contribution < -0.4 is 10.9 Å². The molecule has 0 bridgehead atoms. The highest BCUT2D eigenvalue weighted by Crippen LogP contribution is 2.13. The van der Waals surface area contributed by atoms with Gasteiger partial charge < -0.3 is 15.5 Å². The Morgan fingerprint density at radius 1 is 1.39 bits per heavy atom. The van der Waals surface area contributed by atoms with Gasteiger partial charge in [0.25, 0.3) is 11.5 Å². The molecule has 1 amide bonds. The van der Waals surface area contributed by atoms with E-state index in [1.54, 1.807) is 0 Å². The van der Waals surface area contributed by atoms with Gasteiger partial charge in [-0.15, -0.1) is 0 Å². The molecule has 0 fully saturated rings. The van der Waals surface area contributed by atoms with E-state index in [1.807, 2.05) is 13.8 Å². The van der Waals surface area contributed by atoms with Crippen LogP contribution in [0.4, 0.5) is 0 Å². The zero-order chi connectivity index (χ0) is 13.8. The van der Waals surface area contributed by atoms with Gasteiger partial charge in [0, 0.05) is 18.7 Å². The van der Waals surface area contributed by atoms with Crippen molar-refractivity contribution in [2.24, 2.45) is 0 Å². The Hall–Kier alpha value is -1.82. The van der Waals surface area contributed by atoms with Gasteiger partial charge in [-0.1, -0.05) is 13.8 Å². The van der Waals surface area contributed by atoms with Crippen molar-refractivity contribution in [2.45, 2.75) is 32.3 Å². The summed E-state index contributed by atoms with van der Waals surface area (Å²) in [7, 11) is 0. The molecule has 6 heteroatoms. The fourth-order valence-electron chi connectivity index (χ4n) is 1.51. The Bertz CT molecular complexity index is 477. The van der Waals surface area contributed by atoms with Crippen LogP contribution in [-0.2, 0) is 0 Å². The summed E-state index contributed by atoms with van der Waals surface area (Å²) in [4.78, 5) is 25.0. The fourth-order valence-corrected chi connectivity index (χ4v) is 1.51. The molecule has 0 saturated carbocycles. The number of nitrogens with one attached hydrogen (secondary N) is 2. The first-order valence-corrected chi connectivity index (χ1v) is 5.84. The molecule has 0 aliphatic rings. The van der Waals surface area contributed by atoms with Crippen molar-refractivity contribution in [2.75, 3.05) is 6.54 Å². The van der Waals surface area contributed by atoms with Crippen LogP contribution in [-0.4, -0.2) is 33.3 Å². The molecule has 18 heavy (non-hydrogen) atoms. The summed E-state index contributed by atoms with van der Waals surface area (Å²) in [5.41, 5.74) is -1.44. The van der Waals surface area contributed by atoms with Crippen LogP contribution in [0.3, 0.4) is 0 Å². The van der Waals surface area contributed by atoms with Crippen LogP contribution in [0.5, 0.6) is 5.88 Å². The van der Waals surface area contributed by atoms with E-state index >= 15 is 0 Å². The van der Waals surface area contributed by atoms with Gasteiger partial charge in [0.2, 0.25) is 0 Å². The number of aliphatic hydroxyl groups is 1.